The molecular weight excluding hydrogens is 216 g/mol. The summed E-state index contributed by atoms with van der Waals surface area (Å²) in [5, 5.41) is 5.41. The molecule has 0 aliphatic carbocycles. The lowest BCUT2D eigenvalue weighted by atomic mass is 10.3. The summed E-state index contributed by atoms with van der Waals surface area (Å²) < 4.78 is 0. The maximum absolute atomic E-state index is 11.5. The summed E-state index contributed by atoms with van der Waals surface area (Å²) >= 11 is 0. The molecule has 0 bridgehead atoms. The zero-order chi connectivity index (χ0) is 11.9. The van der Waals surface area contributed by atoms with Crippen molar-refractivity contribution in [1.29, 1.82) is 0 Å². The Hall–Kier alpha value is -2.43. The van der Waals surface area contributed by atoms with E-state index in [2.05, 4.69) is 20.6 Å². The molecule has 0 radical (unpaired) electrons. The molecule has 5 heteroatoms. The standard InChI is InChI=1S/C12H12N4O/c17-12(16-10-4-2-1-3-5-10)15-9-11-8-13-6-7-14-11/h1-8H,9H2,(H2,15,16,17). The predicted molar refractivity (Wildman–Crippen MR) is 64.3 cm³/mol. The Kier molecular flexibility index (Phi) is 3.64. The normalized spacial score (nSPS) is 9.65. The van der Waals surface area contributed by atoms with Crippen LogP contribution in [0.4, 0.5) is 10.5 Å². The summed E-state index contributed by atoms with van der Waals surface area (Å²) in [7, 11) is 0. The van der Waals surface area contributed by atoms with Gasteiger partial charge in [-0.05, 0) is 12.1 Å². The maximum atomic E-state index is 11.5. The third-order valence-electron chi connectivity index (χ3n) is 2.08. The topological polar surface area (TPSA) is 66.9 Å². The second kappa shape index (κ2) is 5.60. The average molecular weight is 228 g/mol. The van der Waals surface area contributed by atoms with Gasteiger partial charge < -0.3 is 10.6 Å². The number of carbonyl (C=O) groups is 1. The monoisotopic (exact) mass is 228 g/mol. The van der Waals surface area contributed by atoms with Gasteiger partial charge >= 0.3 is 6.03 Å². The summed E-state index contributed by atoms with van der Waals surface area (Å²) in [5.41, 5.74) is 1.47. The minimum absolute atomic E-state index is 0.262. The molecule has 2 N–H and O–H groups in total. The fourth-order valence-corrected chi connectivity index (χ4v) is 1.29. The van der Waals surface area contributed by atoms with Gasteiger partial charge in [-0.3, -0.25) is 9.97 Å². The van der Waals surface area contributed by atoms with Gasteiger partial charge in [-0.2, -0.15) is 0 Å². The number of aromatic nitrogens is 2. The quantitative estimate of drug-likeness (QED) is 0.841. The number of hydrogen-bond acceptors (Lipinski definition) is 3. The zero-order valence-electron chi connectivity index (χ0n) is 9.13. The van der Waals surface area contributed by atoms with Crippen molar-refractivity contribution in [2.24, 2.45) is 0 Å². The van der Waals surface area contributed by atoms with Crippen LogP contribution < -0.4 is 10.6 Å². The van der Waals surface area contributed by atoms with Crippen molar-refractivity contribution in [3.8, 4) is 0 Å². The van der Waals surface area contributed by atoms with E-state index in [1.54, 1.807) is 18.6 Å². The second-order valence-electron chi connectivity index (χ2n) is 3.37. The van der Waals surface area contributed by atoms with Crippen molar-refractivity contribution in [1.82, 2.24) is 15.3 Å². The van der Waals surface area contributed by atoms with Crippen LogP contribution in [-0.4, -0.2) is 16.0 Å². The van der Waals surface area contributed by atoms with Crippen LogP contribution >= 0.6 is 0 Å². The number of para-hydroxylation sites is 1. The molecule has 2 aromatic rings. The van der Waals surface area contributed by atoms with Gasteiger partial charge in [0.05, 0.1) is 18.4 Å². The predicted octanol–water partition coefficient (Wildman–Crippen LogP) is 1.80. The molecule has 86 valence electrons. The summed E-state index contributed by atoms with van der Waals surface area (Å²) in [6.45, 7) is 0.354. The molecule has 0 atom stereocenters. The van der Waals surface area contributed by atoms with E-state index in [0.717, 1.165) is 11.4 Å². The van der Waals surface area contributed by atoms with Gasteiger partial charge in [-0.1, -0.05) is 18.2 Å². The molecular formula is C12H12N4O. The number of hydrogen-bond donors (Lipinski definition) is 2. The molecule has 0 unspecified atom stereocenters. The van der Waals surface area contributed by atoms with Crippen LogP contribution in [0.3, 0.4) is 0 Å². The van der Waals surface area contributed by atoms with E-state index in [9.17, 15) is 4.79 Å². The number of nitrogens with one attached hydrogen (secondary N) is 2. The van der Waals surface area contributed by atoms with Gasteiger partial charge in [-0.25, -0.2) is 4.79 Å². The Morgan fingerprint density at radius 1 is 1.18 bits per heavy atom. The molecule has 0 aliphatic heterocycles. The molecule has 0 saturated carbocycles. The first-order valence-corrected chi connectivity index (χ1v) is 5.19. The van der Waals surface area contributed by atoms with Gasteiger partial charge in [0, 0.05) is 18.1 Å². The van der Waals surface area contributed by atoms with Crippen LogP contribution in [0.1, 0.15) is 5.69 Å². The third-order valence-corrected chi connectivity index (χ3v) is 2.08. The fraction of sp³-hybridized carbons (Fsp3) is 0.0833. The lowest BCUT2D eigenvalue weighted by molar-refractivity contribution is 0.251. The Bertz CT molecular complexity index is 472. The number of carbonyl (C=O) groups excluding carboxylic acids is 1. The second-order valence-corrected chi connectivity index (χ2v) is 3.37. The van der Waals surface area contributed by atoms with Crippen molar-refractivity contribution in [3.63, 3.8) is 0 Å². The Balaban J connectivity index is 1.83. The number of urea groups is 1. The molecule has 2 rings (SSSR count). The van der Waals surface area contributed by atoms with Gasteiger partial charge in [-0.15, -0.1) is 0 Å². The Morgan fingerprint density at radius 3 is 2.71 bits per heavy atom. The number of amides is 2. The fourth-order valence-electron chi connectivity index (χ4n) is 1.29. The van der Waals surface area contributed by atoms with Gasteiger partial charge in [0.2, 0.25) is 0 Å². The number of benzene rings is 1. The van der Waals surface area contributed by atoms with E-state index >= 15 is 0 Å². The van der Waals surface area contributed by atoms with Crippen LogP contribution in [0.15, 0.2) is 48.9 Å². The summed E-state index contributed by atoms with van der Waals surface area (Å²) in [4.78, 5) is 19.5. The highest BCUT2D eigenvalue weighted by Gasteiger charge is 2.01. The molecule has 17 heavy (non-hydrogen) atoms. The highest BCUT2D eigenvalue weighted by Crippen LogP contribution is 2.04. The van der Waals surface area contributed by atoms with Crippen molar-refractivity contribution >= 4 is 11.7 Å². The van der Waals surface area contributed by atoms with E-state index in [1.807, 2.05) is 30.3 Å². The summed E-state index contributed by atoms with van der Waals surface area (Å²) in [6.07, 6.45) is 4.79. The van der Waals surface area contributed by atoms with Gasteiger partial charge in [0.15, 0.2) is 0 Å². The molecule has 0 spiro atoms. The average Bonchev–Trinajstić information content (AvgIpc) is 2.39. The van der Waals surface area contributed by atoms with Crippen LogP contribution in [0, 0.1) is 0 Å². The highest BCUT2D eigenvalue weighted by atomic mass is 16.2. The molecule has 2 amide bonds. The van der Waals surface area contributed by atoms with Crippen molar-refractivity contribution < 1.29 is 4.79 Å². The number of nitrogens with zero attached hydrogens (tertiary/aromatic N) is 2. The molecule has 0 aliphatic rings. The minimum atomic E-state index is -0.262. The minimum Gasteiger partial charge on any atom is -0.332 e. The number of anilines is 1. The summed E-state index contributed by atoms with van der Waals surface area (Å²) in [6, 6.07) is 8.99. The van der Waals surface area contributed by atoms with Crippen molar-refractivity contribution in [2.75, 3.05) is 5.32 Å². The Morgan fingerprint density at radius 2 is 2.00 bits per heavy atom. The first-order chi connectivity index (χ1) is 8.34. The molecule has 1 aromatic carbocycles. The first-order valence-electron chi connectivity index (χ1n) is 5.19. The van der Waals surface area contributed by atoms with Crippen molar-refractivity contribution in [3.05, 3.63) is 54.6 Å². The zero-order valence-corrected chi connectivity index (χ0v) is 9.13. The SMILES string of the molecule is O=C(NCc1cnccn1)Nc1ccccc1. The largest absolute Gasteiger partial charge is 0.332 e. The third kappa shape index (κ3) is 3.57. The molecule has 1 aromatic heterocycles. The smallest absolute Gasteiger partial charge is 0.319 e. The Labute approximate surface area is 98.9 Å². The summed E-state index contributed by atoms with van der Waals surface area (Å²) in [5.74, 6) is 0. The van der Waals surface area contributed by atoms with E-state index in [4.69, 9.17) is 0 Å². The van der Waals surface area contributed by atoms with E-state index < -0.39 is 0 Å². The lowest BCUT2D eigenvalue weighted by Crippen LogP contribution is -2.28. The highest BCUT2D eigenvalue weighted by molar-refractivity contribution is 5.89. The lowest BCUT2D eigenvalue weighted by Gasteiger charge is -2.06. The van der Waals surface area contributed by atoms with Crippen LogP contribution in [0.5, 0.6) is 0 Å². The molecule has 5 nitrogen and oxygen atoms in total. The van der Waals surface area contributed by atoms with Gasteiger partial charge in [0.1, 0.15) is 0 Å². The first kappa shape index (κ1) is 11.1. The van der Waals surface area contributed by atoms with Crippen LogP contribution in [0.2, 0.25) is 0 Å². The molecule has 0 saturated heterocycles. The maximum Gasteiger partial charge on any atom is 0.319 e. The van der Waals surface area contributed by atoms with E-state index in [0.29, 0.717) is 6.54 Å². The van der Waals surface area contributed by atoms with Crippen LogP contribution in [-0.2, 0) is 6.54 Å². The van der Waals surface area contributed by atoms with Gasteiger partial charge in [0.25, 0.3) is 0 Å². The molecule has 0 fully saturated rings. The van der Waals surface area contributed by atoms with Crippen molar-refractivity contribution in [2.45, 2.75) is 6.54 Å². The molecule has 1 heterocycles. The van der Waals surface area contributed by atoms with Crippen LogP contribution in [0.25, 0.3) is 0 Å². The van der Waals surface area contributed by atoms with E-state index in [-0.39, 0.29) is 6.03 Å². The van der Waals surface area contributed by atoms with E-state index in [1.165, 1.54) is 0 Å². The number of rotatable bonds is 3.